The van der Waals surface area contributed by atoms with Crippen LogP contribution in [0, 0.1) is 0 Å². The number of carbonyl (C=O) groups excluding carboxylic acids is 4. The van der Waals surface area contributed by atoms with Gasteiger partial charge >= 0.3 is 5.97 Å². The molecule has 0 fully saturated rings. The van der Waals surface area contributed by atoms with E-state index in [4.69, 9.17) is 16.6 Å². The molecule has 0 aliphatic carbocycles. The van der Waals surface area contributed by atoms with Gasteiger partial charge in [0, 0.05) is 0 Å². The Morgan fingerprint density at radius 2 is 1.47 bits per heavy atom. The van der Waals surface area contributed by atoms with Gasteiger partial charge in [0.25, 0.3) is 0 Å². The van der Waals surface area contributed by atoms with Crippen molar-refractivity contribution in [2.45, 2.75) is 50.9 Å². The topological polar surface area (TPSA) is 194 Å². The van der Waals surface area contributed by atoms with E-state index in [0.29, 0.717) is 0 Å². The second kappa shape index (κ2) is 11.5. The van der Waals surface area contributed by atoms with Crippen LogP contribution < -0.4 is 27.4 Å². The van der Waals surface area contributed by atoms with E-state index in [1.54, 1.807) is 0 Å². The minimum Gasteiger partial charge on any atom is -0.480 e. The Bertz CT molecular complexity index is 785. The molecule has 0 bridgehead atoms. The van der Waals surface area contributed by atoms with E-state index in [1.807, 2.05) is 30.3 Å². The number of primary amides is 1. The number of rotatable bonds is 11. The molecule has 4 amide bonds. The van der Waals surface area contributed by atoms with Gasteiger partial charge in [0.1, 0.15) is 18.1 Å². The summed E-state index contributed by atoms with van der Waals surface area (Å²) >= 11 is 0. The predicted octanol–water partition coefficient (Wildman–Crippen LogP) is -1.99. The van der Waals surface area contributed by atoms with E-state index in [0.717, 1.165) is 5.56 Å². The largest absolute Gasteiger partial charge is 0.480 e. The van der Waals surface area contributed by atoms with Gasteiger partial charge in [-0.15, -0.1) is 0 Å². The van der Waals surface area contributed by atoms with E-state index in [-0.39, 0.29) is 6.42 Å². The number of amides is 4. The molecule has 30 heavy (non-hydrogen) atoms. The number of nitrogens with one attached hydrogen (secondary N) is 3. The highest BCUT2D eigenvalue weighted by molar-refractivity contribution is 5.95. The summed E-state index contributed by atoms with van der Waals surface area (Å²) in [6.07, 6.45) is -0.279. The molecule has 0 aromatic heterocycles. The Morgan fingerprint density at radius 3 is 2.00 bits per heavy atom. The number of carboxylic acid groups (broad SMARTS) is 1. The SMILES string of the molecule is CC(NC(=O)C(CC(N)=O)NC(=O)C(C)NC(=O)C(N)Cc1ccccc1)C(=O)O. The van der Waals surface area contributed by atoms with Gasteiger partial charge in [-0.05, 0) is 25.8 Å². The lowest BCUT2D eigenvalue weighted by molar-refractivity contribution is -0.142. The standard InChI is InChI=1S/C19H27N5O6/c1-10(22-17(27)13(20)8-12-6-4-3-5-7-12)16(26)24-14(9-15(21)25)18(28)23-11(2)19(29)30/h3-7,10-11,13-14H,8-9,20H2,1-2H3,(H2,21,25)(H,22,27)(H,23,28)(H,24,26)(H,29,30). The average Bonchev–Trinajstić information content (AvgIpc) is 2.67. The quantitative estimate of drug-likeness (QED) is 0.238. The average molecular weight is 421 g/mol. The van der Waals surface area contributed by atoms with Crippen molar-refractivity contribution >= 4 is 29.6 Å². The van der Waals surface area contributed by atoms with E-state index in [1.165, 1.54) is 13.8 Å². The first-order chi connectivity index (χ1) is 14.0. The summed E-state index contributed by atoms with van der Waals surface area (Å²) in [5.74, 6) is -4.39. The van der Waals surface area contributed by atoms with Crippen molar-refractivity contribution in [3.63, 3.8) is 0 Å². The van der Waals surface area contributed by atoms with Gasteiger partial charge in [-0.2, -0.15) is 0 Å². The number of carboxylic acids is 1. The van der Waals surface area contributed by atoms with Gasteiger partial charge in [0.2, 0.25) is 23.6 Å². The Morgan fingerprint density at radius 1 is 0.900 bits per heavy atom. The van der Waals surface area contributed by atoms with E-state index >= 15 is 0 Å². The van der Waals surface area contributed by atoms with Gasteiger partial charge in [-0.1, -0.05) is 30.3 Å². The third-order valence-electron chi connectivity index (χ3n) is 4.15. The second-order valence-electron chi connectivity index (χ2n) is 6.83. The summed E-state index contributed by atoms with van der Waals surface area (Å²) < 4.78 is 0. The number of nitrogens with two attached hydrogens (primary N) is 2. The maximum Gasteiger partial charge on any atom is 0.325 e. The van der Waals surface area contributed by atoms with Gasteiger partial charge in [-0.3, -0.25) is 24.0 Å². The number of benzene rings is 1. The normalized spacial score (nSPS) is 14.5. The Kier molecular flexibility index (Phi) is 9.43. The Hall–Kier alpha value is -3.47. The molecular weight excluding hydrogens is 394 g/mol. The molecule has 0 radical (unpaired) electrons. The summed E-state index contributed by atoms with van der Waals surface area (Å²) in [6.45, 7) is 2.60. The molecule has 0 aliphatic heterocycles. The van der Waals surface area contributed by atoms with Crippen molar-refractivity contribution in [1.82, 2.24) is 16.0 Å². The van der Waals surface area contributed by atoms with Crippen molar-refractivity contribution in [3.05, 3.63) is 35.9 Å². The molecule has 0 saturated carbocycles. The molecule has 1 rings (SSSR count). The first-order valence-corrected chi connectivity index (χ1v) is 9.23. The van der Waals surface area contributed by atoms with Gasteiger partial charge in [0.05, 0.1) is 12.5 Å². The zero-order valence-electron chi connectivity index (χ0n) is 16.8. The molecule has 4 unspecified atom stereocenters. The Labute approximate surface area is 173 Å². The van der Waals surface area contributed by atoms with Crippen LogP contribution in [0.2, 0.25) is 0 Å². The third kappa shape index (κ3) is 8.27. The van der Waals surface area contributed by atoms with E-state index < -0.39 is 60.2 Å². The number of aliphatic carboxylic acids is 1. The molecule has 0 aliphatic rings. The third-order valence-corrected chi connectivity index (χ3v) is 4.15. The molecule has 8 N–H and O–H groups in total. The van der Waals surface area contributed by atoms with Crippen LogP contribution in [-0.2, 0) is 30.4 Å². The van der Waals surface area contributed by atoms with Crippen molar-refractivity contribution in [3.8, 4) is 0 Å². The van der Waals surface area contributed by atoms with Crippen molar-refractivity contribution in [2.24, 2.45) is 11.5 Å². The lowest BCUT2D eigenvalue weighted by Gasteiger charge is -2.22. The maximum absolute atomic E-state index is 12.4. The molecule has 11 heteroatoms. The van der Waals surface area contributed by atoms with E-state index in [2.05, 4.69) is 16.0 Å². The molecule has 4 atom stereocenters. The van der Waals surface area contributed by atoms with Crippen LogP contribution >= 0.6 is 0 Å². The van der Waals surface area contributed by atoms with Crippen molar-refractivity contribution in [1.29, 1.82) is 0 Å². The van der Waals surface area contributed by atoms with Crippen LogP contribution in [0.4, 0.5) is 0 Å². The lowest BCUT2D eigenvalue weighted by atomic mass is 10.1. The minimum absolute atomic E-state index is 0.265. The smallest absolute Gasteiger partial charge is 0.325 e. The van der Waals surface area contributed by atoms with Gasteiger partial charge < -0.3 is 32.5 Å². The van der Waals surface area contributed by atoms with Crippen molar-refractivity contribution < 1.29 is 29.1 Å². The van der Waals surface area contributed by atoms with Crippen LogP contribution in [0.5, 0.6) is 0 Å². The highest BCUT2D eigenvalue weighted by Gasteiger charge is 2.28. The summed E-state index contributed by atoms with van der Waals surface area (Å²) in [7, 11) is 0. The summed E-state index contributed by atoms with van der Waals surface area (Å²) in [5, 5.41) is 15.7. The van der Waals surface area contributed by atoms with Crippen LogP contribution in [0.25, 0.3) is 0 Å². The van der Waals surface area contributed by atoms with Crippen LogP contribution in [0.15, 0.2) is 30.3 Å². The molecule has 1 aromatic rings. The van der Waals surface area contributed by atoms with Crippen LogP contribution in [-0.4, -0.2) is 58.9 Å². The molecule has 1 aromatic carbocycles. The van der Waals surface area contributed by atoms with Crippen LogP contribution in [0.3, 0.4) is 0 Å². The highest BCUT2D eigenvalue weighted by Crippen LogP contribution is 2.02. The van der Waals surface area contributed by atoms with E-state index in [9.17, 15) is 24.0 Å². The minimum atomic E-state index is -1.39. The fourth-order valence-electron chi connectivity index (χ4n) is 2.43. The summed E-state index contributed by atoms with van der Waals surface area (Å²) in [4.78, 5) is 58.9. The fourth-order valence-corrected chi connectivity index (χ4v) is 2.43. The Balaban J connectivity index is 2.68. The molecule has 0 heterocycles. The van der Waals surface area contributed by atoms with Gasteiger partial charge in [0.15, 0.2) is 0 Å². The summed E-state index contributed by atoms with van der Waals surface area (Å²) in [5.41, 5.74) is 11.8. The first kappa shape index (κ1) is 24.6. The first-order valence-electron chi connectivity index (χ1n) is 9.23. The van der Waals surface area contributed by atoms with Crippen molar-refractivity contribution in [2.75, 3.05) is 0 Å². The number of hydrogen-bond acceptors (Lipinski definition) is 6. The monoisotopic (exact) mass is 421 g/mol. The number of carbonyl (C=O) groups is 5. The summed E-state index contributed by atoms with van der Waals surface area (Å²) in [6, 6.07) is 4.48. The molecule has 164 valence electrons. The van der Waals surface area contributed by atoms with Crippen LogP contribution in [0.1, 0.15) is 25.8 Å². The number of hydrogen-bond donors (Lipinski definition) is 6. The highest BCUT2D eigenvalue weighted by atomic mass is 16.4. The molecule has 11 nitrogen and oxygen atoms in total. The van der Waals surface area contributed by atoms with Gasteiger partial charge in [-0.25, -0.2) is 0 Å². The predicted molar refractivity (Wildman–Crippen MR) is 107 cm³/mol. The molecule has 0 spiro atoms. The zero-order valence-corrected chi connectivity index (χ0v) is 16.8. The zero-order chi connectivity index (χ0) is 22.8. The molecular formula is C19H27N5O6. The second-order valence-corrected chi connectivity index (χ2v) is 6.83. The fraction of sp³-hybridized carbons (Fsp3) is 0.421. The maximum atomic E-state index is 12.4. The lowest BCUT2D eigenvalue weighted by Crippen LogP contribution is -2.56. The molecule has 0 saturated heterocycles.